The van der Waals surface area contributed by atoms with E-state index >= 15 is 0 Å². The second kappa shape index (κ2) is 3.96. The summed E-state index contributed by atoms with van der Waals surface area (Å²) in [5.41, 5.74) is -0.0525. The first-order valence-electron chi connectivity index (χ1n) is 4.61. The van der Waals surface area contributed by atoms with Crippen molar-refractivity contribution in [3.63, 3.8) is 0 Å². The van der Waals surface area contributed by atoms with E-state index in [1.165, 1.54) is 0 Å². The van der Waals surface area contributed by atoms with Crippen LogP contribution in [0, 0.1) is 0 Å². The number of carbonyl (C=O) groups is 2. The first kappa shape index (κ1) is 12.2. The van der Waals surface area contributed by atoms with Crippen molar-refractivity contribution in [3.8, 4) is 0 Å². The van der Waals surface area contributed by atoms with Crippen molar-refractivity contribution >= 4 is 27.9 Å². The maximum atomic E-state index is 11.6. The van der Waals surface area contributed by atoms with Crippen LogP contribution in [-0.2, 0) is 9.53 Å². The summed E-state index contributed by atoms with van der Waals surface area (Å²) in [5, 5.41) is 0. The second-order valence-corrected chi connectivity index (χ2v) is 5.32. The van der Waals surface area contributed by atoms with E-state index in [4.69, 9.17) is 4.74 Å². The first-order chi connectivity index (χ1) is 6.72. The van der Waals surface area contributed by atoms with Crippen LogP contribution in [0.4, 0.5) is 4.79 Å². The number of amides is 2. The van der Waals surface area contributed by atoms with Crippen molar-refractivity contribution in [1.29, 1.82) is 0 Å². The number of hydrogen-bond donors (Lipinski definition) is 0. The van der Waals surface area contributed by atoms with Gasteiger partial charge in [0.25, 0.3) is 5.91 Å². The predicted octanol–water partition coefficient (Wildman–Crippen LogP) is 2.43. The molecule has 0 bridgehead atoms. The second-order valence-electron chi connectivity index (χ2n) is 4.38. The van der Waals surface area contributed by atoms with Crippen molar-refractivity contribution in [2.75, 3.05) is 0 Å². The van der Waals surface area contributed by atoms with Gasteiger partial charge in [-0.1, -0.05) is 15.9 Å². The molecule has 2 amide bonds. The standard InChI is InChI=1S/C10H14BrNO3/c1-6-5-7(11)12(8(6)13)9(14)15-10(2,3)4/h5,7H,1-4H3. The monoisotopic (exact) mass is 275 g/mol. The molecule has 0 spiro atoms. The van der Waals surface area contributed by atoms with E-state index in [1.54, 1.807) is 33.8 Å². The molecule has 0 aromatic heterocycles. The van der Waals surface area contributed by atoms with Crippen molar-refractivity contribution in [2.45, 2.75) is 38.2 Å². The largest absolute Gasteiger partial charge is 0.443 e. The van der Waals surface area contributed by atoms with Gasteiger partial charge in [0.15, 0.2) is 0 Å². The number of hydrogen-bond acceptors (Lipinski definition) is 3. The predicted molar refractivity (Wildman–Crippen MR) is 59.6 cm³/mol. The van der Waals surface area contributed by atoms with E-state index in [0.29, 0.717) is 5.57 Å². The summed E-state index contributed by atoms with van der Waals surface area (Å²) in [6.07, 6.45) is 1.05. The molecule has 1 aliphatic rings. The molecule has 4 nitrogen and oxygen atoms in total. The molecule has 1 atom stereocenters. The fraction of sp³-hybridized carbons (Fsp3) is 0.600. The van der Waals surface area contributed by atoms with E-state index in [-0.39, 0.29) is 5.91 Å². The van der Waals surface area contributed by atoms with Crippen LogP contribution in [0.2, 0.25) is 0 Å². The molecule has 0 N–H and O–H groups in total. The van der Waals surface area contributed by atoms with E-state index in [0.717, 1.165) is 4.90 Å². The Morgan fingerprint density at radius 3 is 2.40 bits per heavy atom. The van der Waals surface area contributed by atoms with E-state index in [2.05, 4.69) is 15.9 Å². The molecule has 0 saturated heterocycles. The molecule has 0 aromatic rings. The Bertz CT molecular complexity index is 330. The number of ether oxygens (including phenoxy) is 1. The lowest BCUT2D eigenvalue weighted by Crippen LogP contribution is -2.41. The topological polar surface area (TPSA) is 46.6 Å². The minimum absolute atomic E-state index is 0.314. The van der Waals surface area contributed by atoms with Crippen LogP contribution >= 0.6 is 15.9 Å². The highest BCUT2D eigenvalue weighted by molar-refractivity contribution is 9.09. The molecule has 0 aliphatic carbocycles. The molecule has 1 rings (SSSR count). The fourth-order valence-electron chi connectivity index (χ4n) is 1.15. The Balaban J connectivity index is 2.75. The molecule has 0 fully saturated rings. The van der Waals surface area contributed by atoms with Crippen molar-refractivity contribution in [3.05, 3.63) is 11.6 Å². The third kappa shape index (κ3) is 2.81. The molecular weight excluding hydrogens is 262 g/mol. The quantitative estimate of drug-likeness (QED) is 0.504. The molecule has 84 valence electrons. The third-order valence-electron chi connectivity index (χ3n) is 1.78. The highest BCUT2D eigenvalue weighted by Gasteiger charge is 2.36. The Morgan fingerprint density at radius 2 is 2.07 bits per heavy atom. The van der Waals surface area contributed by atoms with Gasteiger partial charge in [-0.05, 0) is 33.8 Å². The molecule has 5 heteroatoms. The van der Waals surface area contributed by atoms with Crippen LogP contribution in [0.5, 0.6) is 0 Å². The third-order valence-corrected chi connectivity index (χ3v) is 2.45. The number of imide groups is 1. The number of rotatable bonds is 0. The van der Waals surface area contributed by atoms with Crippen LogP contribution in [0.15, 0.2) is 11.6 Å². The number of carbonyl (C=O) groups excluding carboxylic acids is 2. The maximum absolute atomic E-state index is 11.6. The van der Waals surface area contributed by atoms with Crippen molar-refractivity contribution < 1.29 is 14.3 Å². The van der Waals surface area contributed by atoms with Gasteiger partial charge < -0.3 is 4.74 Å². The summed E-state index contributed by atoms with van der Waals surface area (Å²) in [7, 11) is 0. The Kier molecular flexibility index (Phi) is 3.23. The maximum Gasteiger partial charge on any atom is 0.418 e. The Morgan fingerprint density at radius 1 is 1.53 bits per heavy atom. The first-order valence-corrected chi connectivity index (χ1v) is 5.53. The lowest BCUT2D eigenvalue weighted by atomic mass is 10.2. The Labute approximate surface area is 97.4 Å². The normalized spacial score (nSPS) is 21.7. The highest BCUT2D eigenvalue weighted by Crippen LogP contribution is 2.24. The van der Waals surface area contributed by atoms with Crippen molar-refractivity contribution in [2.24, 2.45) is 0 Å². The van der Waals surface area contributed by atoms with Gasteiger partial charge in [0, 0.05) is 5.57 Å². The molecule has 1 heterocycles. The lowest BCUT2D eigenvalue weighted by molar-refractivity contribution is -0.125. The molecule has 0 radical (unpaired) electrons. The van der Waals surface area contributed by atoms with Gasteiger partial charge in [0.2, 0.25) is 0 Å². The summed E-state index contributed by atoms with van der Waals surface area (Å²) >= 11 is 3.22. The van der Waals surface area contributed by atoms with Crippen LogP contribution < -0.4 is 0 Å². The summed E-state index contributed by atoms with van der Waals surface area (Å²) in [6.45, 7) is 6.94. The minimum atomic E-state index is -0.623. The zero-order valence-corrected chi connectivity index (χ0v) is 10.8. The van der Waals surface area contributed by atoms with Crippen LogP contribution in [0.25, 0.3) is 0 Å². The van der Waals surface area contributed by atoms with Crippen LogP contribution in [0.3, 0.4) is 0 Å². The summed E-state index contributed by atoms with van der Waals surface area (Å²) in [4.78, 5) is 23.9. The Hall–Kier alpha value is -0.840. The lowest BCUT2D eigenvalue weighted by Gasteiger charge is -2.25. The minimum Gasteiger partial charge on any atom is -0.443 e. The van der Waals surface area contributed by atoms with Gasteiger partial charge in [-0.15, -0.1) is 0 Å². The zero-order valence-electron chi connectivity index (χ0n) is 9.20. The van der Waals surface area contributed by atoms with Gasteiger partial charge in [0.1, 0.15) is 10.6 Å². The molecule has 15 heavy (non-hydrogen) atoms. The highest BCUT2D eigenvalue weighted by atomic mass is 79.9. The molecule has 0 saturated carbocycles. The van der Waals surface area contributed by atoms with Gasteiger partial charge in [-0.25, -0.2) is 9.69 Å². The number of halogens is 1. The van der Waals surface area contributed by atoms with Gasteiger partial charge in [-0.2, -0.15) is 0 Å². The van der Waals surface area contributed by atoms with E-state index in [1.807, 2.05) is 0 Å². The van der Waals surface area contributed by atoms with Gasteiger partial charge in [-0.3, -0.25) is 4.79 Å². The van der Waals surface area contributed by atoms with E-state index < -0.39 is 16.6 Å². The summed E-state index contributed by atoms with van der Waals surface area (Å²) in [6, 6.07) is 0. The number of alkyl halides is 1. The zero-order chi connectivity index (χ0) is 11.8. The molecular formula is C10H14BrNO3. The smallest absolute Gasteiger partial charge is 0.418 e. The van der Waals surface area contributed by atoms with Gasteiger partial charge >= 0.3 is 6.09 Å². The molecule has 1 aliphatic heterocycles. The van der Waals surface area contributed by atoms with E-state index in [9.17, 15) is 9.59 Å². The van der Waals surface area contributed by atoms with Gasteiger partial charge in [0.05, 0.1) is 0 Å². The number of nitrogens with zero attached hydrogens (tertiary/aromatic N) is 1. The summed E-state index contributed by atoms with van der Waals surface area (Å²) in [5.74, 6) is -0.314. The molecule has 1 unspecified atom stereocenters. The average Bonchev–Trinajstić information content (AvgIpc) is 2.22. The van der Waals surface area contributed by atoms with Crippen LogP contribution in [0.1, 0.15) is 27.7 Å². The van der Waals surface area contributed by atoms with Crippen LogP contribution in [-0.4, -0.2) is 27.5 Å². The van der Waals surface area contributed by atoms with Crippen molar-refractivity contribution in [1.82, 2.24) is 4.90 Å². The fourth-order valence-corrected chi connectivity index (χ4v) is 1.90. The summed E-state index contributed by atoms with van der Waals surface area (Å²) < 4.78 is 5.11. The molecule has 0 aromatic carbocycles. The average molecular weight is 276 g/mol. The SMILES string of the molecule is CC1=CC(Br)N(C(=O)OC(C)(C)C)C1=O.